The Balaban J connectivity index is 1.67. The zero-order chi connectivity index (χ0) is 13.9. The van der Waals surface area contributed by atoms with Gasteiger partial charge in [-0.15, -0.1) is 11.3 Å². The zero-order valence-electron chi connectivity index (χ0n) is 11.7. The van der Waals surface area contributed by atoms with E-state index in [1.165, 1.54) is 15.8 Å². The van der Waals surface area contributed by atoms with Crippen molar-refractivity contribution >= 4 is 22.2 Å². The second-order valence-electron chi connectivity index (χ2n) is 4.93. The van der Waals surface area contributed by atoms with Crippen LogP contribution in [-0.2, 0) is 13.1 Å². The average molecular weight is 283 g/mol. The highest BCUT2D eigenvalue weighted by Crippen LogP contribution is 2.15. The van der Waals surface area contributed by atoms with Crippen LogP contribution >= 0.6 is 11.3 Å². The van der Waals surface area contributed by atoms with E-state index < -0.39 is 0 Å². The molecule has 0 amide bonds. The lowest BCUT2D eigenvalue weighted by Gasteiger charge is -2.05. The molecule has 0 saturated heterocycles. The number of aryl methyl sites for hydroxylation is 2. The number of thiazole rings is 1. The minimum atomic E-state index is 0.862. The molecule has 1 N–H and O–H groups in total. The Morgan fingerprint density at radius 2 is 2.00 bits per heavy atom. The highest BCUT2D eigenvalue weighted by Gasteiger charge is 2.00. The average Bonchev–Trinajstić information content (AvgIpc) is 2.85. The fraction of sp³-hybridized carbons (Fsp3) is 0.250. The van der Waals surface area contributed by atoms with Gasteiger partial charge in [-0.3, -0.25) is 4.98 Å². The van der Waals surface area contributed by atoms with E-state index in [4.69, 9.17) is 0 Å². The number of benzene rings is 1. The highest BCUT2D eigenvalue weighted by molar-refractivity contribution is 7.11. The third-order valence-corrected chi connectivity index (χ3v) is 4.10. The molecule has 102 valence electrons. The number of fused-ring (bicyclic) bond motifs is 1. The van der Waals surface area contributed by atoms with Crippen LogP contribution in [0.2, 0.25) is 0 Å². The maximum absolute atomic E-state index is 4.52. The van der Waals surface area contributed by atoms with E-state index in [-0.39, 0.29) is 0 Å². The number of aromatic nitrogens is 2. The van der Waals surface area contributed by atoms with Gasteiger partial charge < -0.3 is 5.32 Å². The van der Waals surface area contributed by atoms with Gasteiger partial charge in [-0.2, -0.15) is 0 Å². The van der Waals surface area contributed by atoms with E-state index in [2.05, 4.69) is 45.6 Å². The van der Waals surface area contributed by atoms with Crippen molar-refractivity contribution in [1.29, 1.82) is 0 Å². The molecular weight excluding hydrogens is 266 g/mol. The Hall–Kier alpha value is -1.78. The standard InChI is InChI=1S/C16H17N3S/c1-11-3-5-14-7-13(4-6-16(14)19-11)8-17-9-15-10-18-12(2)20-15/h3-7,10,17H,8-9H2,1-2H3. The summed E-state index contributed by atoms with van der Waals surface area (Å²) in [4.78, 5) is 10.1. The third-order valence-electron chi connectivity index (χ3n) is 3.19. The molecule has 0 unspecified atom stereocenters. The van der Waals surface area contributed by atoms with Crippen LogP contribution in [0.4, 0.5) is 0 Å². The van der Waals surface area contributed by atoms with Gasteiger partial charge in [0, 0.05) is 35.2 Å². The molecule has 2 aromatic heterocycles. The summed E-state index contributed by atoms with van der Waals surface area (Å²) in [6.07, 6.45) is 1.94. The van der Waals surface area contributed by atoms with Gasteiger partial charge in [0.1, 0.15) is 0 Å². The van der Waals surface area contributed by atoms with Crippen LogP contribution in [0.1, 0.15) is 21.1 Å². The number of rotatable bonds is 4. The first-order valence-corrected chi connectivity index (χ1v) is 7.51. The number of pyridine rings is 1. The van der Waals surface area contributed by atoms with Crippen LogP contribution < -0.4 is 5.32 Å². The minimum absolute atomic E-state index is 0.862. The summed E-state index contributed by atoms with van der Waals surface area (Å²) in [5.41, 5.74) is 3.40. The van der Waals surface area contributed by atoms with Gasteiger partial charge in [0.15, 0.2) is 0 Å². The molecule has 0 spiro atoms. The number of hydrogen-bond acceptors (Lipinski definition) is 4. The molecule has 4 heteroatoms. The zero-order valence-corrected chi connectivity index (χ0v) is 12.5. The minimum Gasteiger partial charge on any atom is -0.308 e. The first-order valence-electron chi connectivity index (χ1n) is 6.69. The molecule has 0 saturated carbocycles. The summed E-state index contributed by atoms with van der Waals surface area (Å²) in [6, 6.07) is 10.6. The maximum Gasteiger partial charge on any atom is 0.0897 e. The number of nitrogens with one attached hydrogen (secondary N) is 1. The molecule has 0 radical (unpaired) electrons. The van der Waals surface area contributed by atoms with Gasteiger partial charge in [-0.25, -0.2) is 4.98 Å². The quantitative estimate of drug-likeness (QED) is 0.795. The lowest BCUT2D eigenvalue weighted by molar-refractivity contribution is 0.700. The van der Waals surface area contributed by atoms with Crippen molar-refractivity contribution in [3.63, 3.8) is 0 Å². The molecule has 2 heterocycles. The molecule has 0 aliphatic carbocycles. The van der Waals surface area contributed by atoms with Gasteiger partial charge >= 0.3 is 0 Å². The molecule has 0 aliphatic heterocycles. The number of hydrogen-bond donors (Lipinski definition) is 1. The van der Waals surface area contributed by atoms with Crippen LogP contribution in [0, 0.1) is 13.8 Å². The summed E-state index contributed by atoms with van der Waals surface area (Å²) in [5.74, 6) is 0. The fourth-order valence-corrected chi connectivity index (χ4v) is 2.97. The van der Waals surface area contributed by atoms with Crippen molar-refractivity contribution in [2.75, 3.05) is 0 Å². The van der Waals surface area contributed by atoms with Gasteiger partial charge in [0.05, 0.1) is 10.5 Å². The summed E-state index contributed by atoms with van der Waals surface area (Å²) < 4.78 is 0. The summed E-state index contributed by atoms with van der Waals surface area (Å²) in [6.45, 7) is 5.79. The topological polar surface area (TPSA) is 37.8 Å². The SMILES string of the molecule is Cc1ccc2cc(CNCc3cnc(C)s3)ccc2n1. The third kappa shape index (κ3) is 3.03. The first kappa shape index (κ1) is 13.2. The van der Waals surface area contributed by atoms with Gasteiger partial charge in [-0.1, -0.05) is 12.1 Å². The molecule has 1 aromatic carbocycles. The molecular formula is C16H17N3S. The molecule has 0 atom stereocenters. The van der Waals surface area contributed by atoms with E-state index in [0.29, 0.717) is 0 Å². The maximum atomic E-state index is 4.52. The van der Waals surface area contributed by atoms with Gasteiger partial charge in [0.25, 0.3) is 0 Å². The molecule has 0 bridgehead atoms. The summed E-state index contributed by atoms with van der Waals surface area (Å²) in [7, 11) is 0. The van der Waals surface area contributed by atoms with Crippen LogP contribution in [0.25, 0.3) is 10.9 Å². The van der Waals surface area contributed by atoms with E-state index in [0.717, 1.165) is 29.3 Å². The fourth-order valence-electron chi connectivity index (χ4n) is 2.20. The molecule has 0 fully saturated rings. The molecule has 20 heavy (non-hydrogen) atoms. The molecule has 3 nitrogen and oxygen atoms in total. The predicted molar refractivity (Wildman–Crippen MR) is 83.9 cm³/mol. The normalized spacial score (nSPS) is 11.1. The molecule has 3 aromatic rings. The lowest BCUT2D eigenvalue weighted by atomic mass is 10.1. The first-order chi connectivity index (χ1) is 9.70. The van der Waals surface area contributed by atoms with Crippen LogP contribution in [-0.4, -0.2) is 9.97 Å². The van der Waals surface area contributed by atoms with Crippen molar-refractivity contribution in [2.45, 2.75) is 26.9 Å². The Bertz CT molecular complexity index is 733. The van der Waals surface area contributed by atoms with E-state index in [1.807, 2.05) is 20.0 Å². The second kappa shape index (κ2) is 5.69. The number of nitrogens with zero attached hydrogens (tertiary/aromatic N) is 2. The Morgan fingerprint density at radius 3 is 2.80 bits per heavy atom. The van der Waals surface area contributed by atoms with Gasteiger partial charge in [-0.05, 0) is 37.6 Å². The molecule has 3 rings (SSSR count). The summed E-state index contributed by atoms with van der Waals surface area (Å²) in [5, 5.41) is 5.77. The lowest BCUT2D eigenvalue weighted by Crippen LogP contribution is -2.11. The van der Waals surface area contributed by atoms with Crippen molar-refractivity contribution in [1.82, 2.24) is 15.3 Å². The van der Waals surface area contributed by atoms with Crippen molar-refractivity contribution in [2.24, 2.45) is 0 Å². The van der Waals surface area contributed by atoms with Crippen molar-refractivity contribution in [3.8, 4) is 0 Å². The second-order valence-corrected chi connectivity index (χ2v) is 6.25. The van der Waals surface area contributed by atoms with Crippen molar-refractivity contribution < 1.29 is 0 Å². The van der Waals surface area contributed by atoms with Crippen LogP contribution in [0.15, 0.2) is 36.5 Å². The smallest absolute Gasteiger partial charge is 0.0897 e. The van der Waals surface area contributed by atoms with Crippen LogP contribution in [0.5, 0.6) is 0 Å². The Kier molecular flexibility index (Phi) is 3.76. The largest absolute Gasteiger partial charge is 0.308 e. The molecule has 0 aliphatic rings. The van der Waals surface area contributed by atoms with E-state index in [1.54, 1.807) is 11.3 Å². The highest BCUT2D eigenvalue weighted by atomic mass is 32.1. The monoisotopic (exact) mass is 283 g/mol. The van der Waals surface area contributed by atoms with Gasteiger partial charge in [0.2, 0.25) is 0 Å². The Labute approximate surface area is 122 Å². The Morgan fingerprint density at radius 1 is 1.10 bits per heavy atom. The van der Waals surface area contributed by atoms with E-state index >= 15 is 0 Å². The predicted octanol–water partition coefficient (Wildman–Crippen LogP) is 3.60. The summed E-state index contributed by atoms with van der Waals surface area (Å²) >= 11 is 1.74. The van der Waals surface area contributed by atoms with E-state index in [9.17, 15) is 0 Å². The van der Waals surface area contributed by atoms with Crippen LogP contribution in [0.3, 0.4) is 0 Å². The van der Waals surface area contributed by atoms with Crippen molar-refractivity contribution in [3.05, 3.63) is 57.7 Å².